The Morgan fingerprint density at radius 2 is 1.95 bits per heavy atom. The molecule has 0 saturated carbocycles. The van der Waals surface area contributed by atoms with Crippen LogP contribution in [0.15, 0.2) is 16.6 Å². The van der Waals surface area contributed by atoms with Gasteiger partial charge in [0, 0.05) is 5.54 Å². The standard InChI is InChI=1S/C14H14BrFN2O3/c1-14(2,3)17-11(19)6-18-10-5-9(16)8(15)4-7(10)12(20)13(18)21/h4-5H,6H2,1-3H3,(H,17,19). The van der Waals surface area contributed by atoms with Crippen LogP contribution in [0.5, 0.6) is 0 Å². The first-order chi connectivity index (χ1) is 9.60. The summed E-state index contributed by atoms with van der Waals surface area (Å²) in [5.74, 6) is -2.59. The van der Waals surface area contributed by atoms with Gasteiger partial charge in [-0.3, -0.25) is 19.3 Å². The van der Waals surface area contributed by atoms with E-state index < -0.39 is 29.0 Å². The van der Waals surface area contributed by atoms with E-state index in [0.717, 1.165) is 11.0 Å². The smallest absolute Gasteiger partial charge is 0.299 e. The second-order valence-electron chi connectivity index (χ2n) is 5.80. The molecule has 1 aromatic carbocycles. The highest BCUT2D eigenvalue weighted by atomic mass is 79.9. The molecule has 0 unspecified atom stereocenters. The number of hydrogen-bond donors (Lipinski definition) is 1. The van der Waals surface area contributed by atoms with Crippen molar-refractivity contribution in [2.45, 2.75) is 26.3 Å². The Balaban J connectivity index is 2.31. The number of nitrogens with one attached hydrogen (secondary N) is 1. The van der Waals surface area contributed by atoms with Crippen molar-refractivity contribution >= 4 is 39.2 Å². The van der Waals surface area contributed by atoms with Crippen molar-refractivity contribution in [1.29, 1.82) is 0 Å². The highest BCUT2D eigenvalue weighted by molar-refractivity contribution is 9.10. The minimum absolute atomic E-state index is 0.0943. The molecule has 0 radical (unpaired) electrons. The maximum absolute atomic E-state index is 13.6. The van der Waals surface area contributed by atoms with E-state index in [1.165, 1.54) is 6.07 Å². The topological polar surface area (TPSA) is 66.5 Å². The Morgan fingerprint density at radius 3 is 2.52 bits per heavy atom. The Hall–Kier alpha value is -1.76. The largest absolute Gasteiger partial charge is 0.350 e. The molecule has 112 valence electrons. The van der Waals surface area contributed by atoms with Crippen LogP contribution in [0.4, 0.5) is 10.1 Å². The summed E-state index contributed by atoms with van der Waals surface area (Å²) in [5, 5.41) is 2.69. The summed E-state index contributed by atoms with van der Waals surface area (Å²) >= 11 is 2.97. The lowest BCUT2D eigenvalue weighted by Gasteiger charge is -2.23. The van der Waals surface area contributed by atoms with E-state index in [9.17, 15) is 18.8 Å². The van der Waals surface area contributed by atoms with Gasteiger partial charge in [0.15, 0.2) is 0 Å². The summed E-state index contributed by atoms with van der Waals surface area (Å²) in [6.07, 6.45) is 0. The van der Waals surface area contributed by atoms with Gasteiger partial charge in [0.05, 0.1) is 15.7 Å². The molecule has 1 N–H and O–H groups in total. The van der Waals surface area contributed by atoms with E-state index >= 15 is 0 Å². The number of benzene rings is 1. The number of amides is 2. The molecular weight excluding hydrogens is 343 g/mol. The molecule has 1 aromatic rings. The normalized spacial score (nSPS) is 14.4. The third-order valence-corrected chi connectivity index (χ3v) is 3.44. The highest BCUT2D eigenvalue weighted by Crippen LogP contribution is 2.33. The van der Waals surface area contributed by atoms with E-state index in [-0.39, 0.29) is 22.3 Å². The van der Waals surface area contributed by atoms with E-state index in [1.807, 2.05) is 0 Å². The molecule has 1 aliphatic heterocycles. The van der Waals surface area contributed by atoms with Crippen molar-refractivity contribution in [2.75, 3.05) is 11.4 Å². The molecule has 7 heteroatoms. The van der Waals surface area contributed by atoms with E-state index in [1.54, 1.807) is 20.8 Å². The second-order valence-corrected chi connectivity index (χ2v) is 6.66. The van der Waals surface area contributed by atoms with E-state index in [0.29, 0.717) is 0 Å². The van der Waals surface area contributed by atoms with Gasteiger partial charge in [-0.05, 0) is 48.8 Å². The van der Waals surface area contributed by atoms with Crippen LogP contribution in [0, 0.1) is 5.82 Å². The van der Waals surface area contributed by atoms with E-state index in [4.69, 9.17) is 0 Å². The molecule has 0 aliphatic carbocycles. The number of carbonyl (C=O) groups excluding carboxylic acids is 3. The minimum Gasteiger partial charge on any atom is -0.350 e. The molecule has 0 spiro atoms. The SMILES string of the molecule is CC(C)(C)NC(=O)CN1C(=O)C(=O)c2cc(Br)c(F)cc21. The maximum atomic E-state index is 13.6. The Morgan fingerprint density at radius 1 is 1.33 bits per heavy atom. The number of ketones is 1. The van der Waals surface area contributed by atoms with Crippen LogP contribution in [-0.2, 0) is 9.59 Å². The second kappa shape index (κ2) is 5.22. The van der Waals surface area contributed by atoms with Crippen LogP contribution >= 0.6 is 15.9 Å². The van der Waals surface area contributed by atoms with Gasteiger partial charge >= 0.3 is 0 Å². The number of nitrogens with zero attached hydrogens (tertiary/aromatic N) is 1. The number of halogens is 2. The van der Waals surface area contributed by atoms with E-state index in [2.05, 4.69) is 21.2 Å². The number of fused-ring (bicyclic) bond motifs is 1. The van der Waals surface area contributed by atoms with Crippen LogP contribution in [0.1, 0.15) is 31.1 Å². The number of carbonyl (C=O) groups is 3. The van der Waals surface area contributed by atoms with Gasteiger partial charge in [0.25, 0.3) is 11.7 Å². The van der Waals surface area contributed by atoms with Gasteiger partial charge in [-0.2, -0.15) is 0 Å². The monoisotopic (exact) mass is 356 g/mol. The summed E-state index contributed by atoms with van der Waals surface area (Å²) in [5.41, 5.74) is -0.246. The van der Waals surface area contributed by atoms with Gasteiger partial charge in [-0.25, -0.2) is 4.39 Å². The quantitative estimate of drug-likeness (QED) is 0.824. The van der Waals surface area contributed by atoms with Crippen molar-refractivity contribution in [1.82, 2.24) is 5.32 Å². The lowest BCUT2D eigenvalue weighted by Crippen LogP contribution is -2.47. The molecule has 5 nitrogen and oxygen atoms in total. The highest BCUT2D eigenvalue weighted by Gasteiger charge is 2.38. The molecule has 1 heterocycles. The predicted octanol–water partition coefficient (Wildman–Crippen LogP) is 2.03. The summed E-state index contributed by atoms with van der Waals surface area (Å²) in [7, 11) is 0. The minimum atomic E-state index is -0.827. The predicted molar refractivity (Wildman–Crippen MR) is 78.7 cm³/mol. The molecule has 0 fully saturated rings. The van der Waals surface area contributed by atoms with Gasteiger partial charge in [0.2, 0.25) is 5.91 Å². The molecule has 0 bridgehead atoms. The molecule has 0 aromatic heterocycles. The summed E-state index contributed by atoms with van der Waals surface area (Å²) in [6.45, 7) is 5.07. The molecule has 2 amide bonds. The third kappa shape index (κ3) is 3.12. The number of rotatable bonds is 2. The average Bonchev–Trinajstić information content (AvgIpc) is 2.54. The summed E-state index contributed by atoms with van der Waals surface area (Å²) in [4.78, 5) is 36.7. The zero-order valence-electron chi connectivity index (χ0n) is 11.8. The van der Waals surface area contributed by atoms with Crippen molar-refractivity contribution < 1.29 is 18.8 Å². The lowest BCUT2D eigenvalue weighted by atomic mass is 10.1. The first kappa shape index (κ1) is 15.6. The average molecular weight is 357 g/mol. The molecule has 0 saturated heterocycles. The number of hydrogen-bond acceptors (Lipinski definition) is 3. The van der Waals surface area contributed by atoms with Crippen molar-refractivity contribution in [2.24, 2.45) is 0 Å². The third-order valence-electron chi connectivity index (χ3n) is 2.83. The van der Waals surface area contributed by atoms with Crippen LogP contribution in [0.2, 0.25) is 0 Å². The lowest BCUT2D eigenvalue weighted by molar-refractivity contribution is -0.123. The molecule has 2 rings (SSSR count). The van der Waals surface area contributed by atoms with Gasteiger partial charge in [-0.15, -0.1) is 0 Å². The molecule has 21 heavy (non-hydrogen) atoms. The van der Waals surface area contributed by atoms with Crippen LogP contribution in [-0.4, -0.2) is 29.7 Å². The van der Waals surface area contributed by atoms with Crippen LogP contribution < -0.4 is 10.2 Å². The molecule has 1 aliphatic rings. The van der Waals surface area contributed by atoms with Crippen molar-refractivity contribution in [3.05, 3.63) is 28.0 Å². The molecule has 0 atom stereocenters. The fourth-order valence-corrected chi connectivity index (χ4v) is 2.39. The number of Topliss-reactive ketones (excluding diaryl/α,β-unsaturated/α-hetero) is 1. The van der Waals surface area contributed by atoms with Crippen LogP contribution in [0.3, 0.4) is 0 Å². The zero-order valence-corrected chi connectivity index (χ0v) is 13.4. The van der Waals surface area contributed by atoms with Crippen molar-refractivity contribution in [3.8, 4) is 0 Å². The first-order valence-electron chi connectivity index (χ1n) is 6.26. The Bertz CT molecular complexity index is 652. The van der Waals surface area contributed by atoms with Gasteiger partial charge < -0.3 is 5.32 Å². The fourth-order valence-electron chi connectivity index (χ4n) is 2.05. The maximum Gasteiger partial charge on any atom is 0.299 e. The summed E-state index contributed by atoms with van der Waals surface area (Å²) < 4.78 is 13.7. The molecular formula is C14H14BrFN2O3. The Labute approximate surface area is 129 Å². The number of anilines is 1. The van der Waals surface area contributed by atoms with Crippen molar-refractivity contribution in [3.63, 3.8) is 0 Å². The first-order valence-corrected chi connectivity index (χ1v) is 7.06. The van der Waals surface area contributed by atoms with Crippen LogP contribution in [0.25, 0.3) is 0 Å². The summed E-state index contributed by atoms with van der Waals surface area (Å²) in [6, 6.07) is 2.33. The zero-order chi connectivity index (χ0) is 15.9. The van der Waals surface area contributed by atoms with Gasteiger partial charge in [-0.1, -0.05) is 0 Å². The Kier molecular flexibility index (Phi) is 3.88. The van der Waals surface area contributed by atoms with Gasteiger partial charge in [0.1, 0.15) is 12.4 Å². The fraction of sp³-hybridized carbons (Fsp3) is 0.357.